The fraction of sp³-hybridized carbons (Fsp3) is 0.583. The van der Waals surface area contributed by atoms with Gasteiger partial charge in [0.1, 0.15) is 18.6 Å². The second-order valence-corrected chi connectivity index (χ2v) is 15.7. The van der Waals surface area contributed by atoms with E-state index >= 15 is 0 Å². The van der Waals surface area contributed by atoms with Gasteiger partial charge in [0.05, 0.1) is 17.4 Å². The van der Waals surface area contributed by atoms with E-state index < -0.39 is 11.8 Å². The highest BCUT2D eigenvalue weighted by molar-refractivity contribution is 9.10. The van der Waals surface area contributed by atoms with Gasteiger partial charge in [0, 0.05) is 55.8 Å². The molecule has 2 unspecified atom stereocenters. The number of fused-ring (bicyclic) bond motifs is 1. The molecule has 4 aliphatic heterocycles. The van der Waals surface area contributed by atoms with Crippen LogP contribution in [0.3, 0.4) is 0 Å². The first-order chi connectivity index (χ1) is 22.5. The van der Waals surface area contributed by atoms with E-state index in [2.05, 4.69) is 44.9 Å². The molecule has 0 bridgehead atoms. The van der Waals surface area contributed by atoms with E-state index in [0.717, 1.165) is 49.0 Å². The Morgan fingerprint density at radius 1 is 1.04 bits per heavy atom. The number of nitrogens with zero attached hydrogens (tertiary/aromatic N) is 4. The number of amides is 3. The first-order valence-corrected chi connectivity index (χ1v) is 17.9. The summed E-state index contributed by atoms with van der Waals surface area (Å²) in [4.78, 5) is 47.0. The maximum Gasteiger partial charge on any atom is 0.515 e. The Morgan fingerprint density at radius 2 is 1.77 bits per heavy atom. The second-order valence-electron chi connectivity index (χ2n) is 14.9. The molecule has 0 saturated carbocycles. The number of halogens is 1. The van der Waals surface area contributed by atoms with E-state index in [1.165, 1.54) is 12.8 Å². The van der Waals surface area contributed by atoms with E-state index in [9.17, 15) is 24.6 Å². The molecule has 0 aromatic heterocycles. The number of phenols is 1. The van der Waals surface area contributed by atoms with Gasteiger partial charge < -0.3 is 30.1 Å². The lowest BCUT2D eigenvalue weighted by Gasteiger charge is -2.59. The Morgan fingerprint density at radius 3 is 2.45 bits per heavy atom. The molecular formula is C36H49BrN5O5+. The predicted octanol–water partition coefficient (Wildman–Crippen LogP) is 6.27. The van der Waals surface area contributed by atoms with Crippen LogP contribution in [0.5, 0.6) is 5.75 Å². The molecule has 0 radical (unpaired) electrons. The molecule has 4 aliphatic rings. The van der Waals surface area contributed by atoms with Crippen molar-refractivity contribution in [2.75, 3.05) is 44.6 Å². The fourth-order valence-corrected chi connectivity index (χ4v) is 9.25. The van der Waals surface area contributed by atoms with Crippen molar-refractivity contribution in [2.45, 2.75) is 89.5 Å². The van der Waals surface area contributed by atoms with Crippen molar-refractivity contribution >= 4 is 40.0 Å². The average molecular weight is 712 g/mol. The second kappa shape index (κ2) is 13.5. The molecule has 0 aliphatic carbocycles. The third-order valence-electron chi connectivity index (χ3n) is 11.7. The number of aromatic hydroxyl groups is 1. The Kier molecular flexibility index (Phi) is 9.73. The predicted molar refractivity (Wildman–Crippen MR) is 184 cm³/mol. The normalized spacial score (nSPS) is 29.0. The number of carboxylic acid groups (broad SMARTS) is 1. The topological polar surface area (TPSA) is 113 Å². The molecule has 3 atom stereocenters. The summed E-state index contributed by atoms with van der Waals surface area (Å²) in [5.41, 5.74) is 1.96. The molecule has 2 aromatic rings. The van der Waals surface area contributed by atoms with Crippen LogP contribution in [0.4, 0.5) is 15.3 Å². The number of carbonyl (C=O) groups excluding carboxylic acids is 2. The number of hydrogen-bond donors (Lipinski definition) is 3. The number of piperidine rings is 3. The number of nitrogens with one attached hydrogen (secondary N) is 1. The van der Waals surface area contributed by atoms with E-state index in [1.807, 2.05) is 29.2 Å². The SMILES string of the molecule is CC1(C)CCN(C2CCN(C3(CC=O)CC(N4CCc5ccccc5NC4=O)CC[N@+]3(Cc3ccc(O)c(Br)c3)C(=O)O)CC2)CC1. The molecule has 6 rings (SSSR count). The molecule has 3 fully saturated rings. The summed E-state index contributed by atoms with van der Waals surface area (Å²) in [7, 11) is 0. The van der Waals surface area contributed by atoms with Crippen LogP contribution in [0.1, 0.15) is 69.9 Å². The van der Waals surface area contributed by atoms with Crippen molar-refractivity contribution in [1.29, 1.82) is 0 Å². The van der Waals surface area contributed by atoms with Crippen molar-refractivity contribution in [1.82, 2.24) is 14.7 Å². The minimum absolute atomic E-state index is 0.0489. The largest absolute Gasteiger partial charge is 0.515 e. The molecule has 2 aromatic carbocycles. The highest BCUT2D eigenvalue weighted by Gasteiger charge is 2.64. The van der Waals surface area contributed by atoms with Crippen molar-refractivity contribution in [3.8, 4) is 5.75 Å². The van der Waals surface area contributed by atoms with E-state index in [1.54, 1.807) is 18.2 Å². The summed E-state index contributed by atoms with van der Waals surface area (Å²) in [6.07, 6.45) is 5.72. The summed E-state index contributed by atoms with van der Waals surface area (Å²) in [5, 5.41) is 24.5. The fourth-order valence-electron chi connectivity index (χ4n) is 8.83. The number of para-hydroxylation sites is 1. The van der Waals surface area contributed by atoms with Crippen LogP contribution in [0.15, 0.2) is 46.9 Å². The maximum absolute atomic E-state index is 13.8. The molecule has 0 spiro atoms. The Labute approximate surface area is 286 Å². The van der Waals surface area contributed by atoms with Gasteiger partial charge in [0.15, 0.2) is 5.66 Å². The molecule has 3 N–H and O–H groups in total. The van der Waals surface area contributed by atoms with Crippen LogP contribution in [0, 0.1) is 5.41 Å². The molecular weight excluding hydrogens is 662 g/mol. The van der Waals surface area contributed by atoms with Gasteiger partial charge in [-0.3, -0.25) is 4.90 Å². The van der Waals surface area contributed by atoms with Gasteiger partial charge in [0.25, 0.3) is 0 Å². The number of aldehydes is 1. The van der Waals surface area contributed by atoms with E-state index in [0.29, 0.717) is 54.8 Å². The van der Waals surface area contributed by atoms with Crippen molar-refractivity contribution in [3.63, 3.8) is 0 Å². The number of anilines is 1. The van der Waals surface area contributed by atoms with E-state index in [-0.39, 0.29) is 41.8 Å². The first kappa shape index (κ1) is 33.9. The standard InChI is InChI=1S/C36H48BrN5O5/c1-35(2)13-19-39(20-14-35)28-10-16-40(17-11-28)36(15-22-43)24-29(41-18-9-27-5-3-4-6-31(27)38-33(41)45)12-21-42(36,34(46)47)25-26-7-8-32(44)30(37)23-26/h3-8,22-23,28-29H,9-21,24-25H2,1-2H3,(H2-,38,44,45,46,47)/p+1/t29?,36?,42-/m0/s1. The molecule has 11 heteroatoms. The molecule has 47 heavy (non-hydrogen) atoms. The molecule has 3 saturated heterocycles. The van der Waals surface area contributed by atoms with Crippen LogP contribution in [0.25, 0.3) is 0 Å². The summed E-state index contributed by atoms with van der Waals surface area (Å²) in [5.74, 6) is 0.0878. The monoisotopic (exact) mass is 710 g/mol. The van der Waals surface area contributed by atoms with Gasteiger partial charge in [-0.05, 0) is 96.4 Å². The van der Waals surface area contributed by atoms with Crippen molar-refractivity contribution in [3.05, 3.63) is 58.1 Å². The molecule has 254 valence electrons. The number of hydrogen-bond acceptors (Lipinski definition) is 6. The Hall–Kier alpha value is -2.99. The quantitative estimate of drug-likeness (QED) is 0.229. The van der Waals surface area contributed by atoms with Crippen LogP contribution in [0.2, 0.25) is 0 Å². The summed E-state index contributed by atoms with van der Waals surface area (Å²) in [6.45, 7) is 9.18. The average Bonchev–Trinajstić information content (AvgIpc) is 3.22. The third kappa shape index (κ3) is 6.56. The lowest BCUT2D eigenvalue weighted by Crippen LogP contribution is -2.78. The Bertz CT molecular complexity index is 1490. The van der Waals surface area contributed by atoms with Crippen molar-refractivity contribution < 1.29 is 29.1 Å². The summed E-state index contributed by atoms with van der Waals surface area (Å²) >= 11 is 3.41. The van der Waals surface area contributed by atoms with Gasteiger partial charge in [-0.15, -0.1) is 0 Å². The minimum atomic E-state index is -1.06. The number of phenolic OH excluding ortho intramolecular Hbond substituents is 1. The first-order valence-electron chi connectivity index (χ1n) is 17.1. The summed E-state index contributed by atoms with van der Waals surface area (Å²) in [6, 6.07) is 13.0. The lowest BCUT2D eigenvalue weighted by atomic mass is 9.80. The number of benzene rings is 2. The number of rotatable bonds is 7. The maximum atomic E-state index is 13.8. The van der Waals surface area contributed by atoms with Gasteiger partial charge in [-0.2, -0.15) is 4.79 Å². The lowest BCUT2D eigenvalue weighted by molar-refractivity contribution is -0.942. The van der Waals surface area contributed by atoms with Crippen LogP contribution in [-0.2, 0) is 17.8 Å². The van der Waals surface area contributed by atoms with Crippen LogP contribution < -0.4 is 5.32 Å². The smallest absolute Gasteiger partial charge is 0.507 e. The summed E-state index contributed by atoms with van der Waals surface area (Å²) < 4.78 is 0.179. The minimum Gasteiger partial charge on any atom is -0.507 e. The van der Waals surface area contributed by atoms with E-state index in [4.69, 9.17) is 0 Å². The molecule has 4 heterocycles. The zero-order chi connectivity index (χ0) is 33.4. The van der Waals surface area contributed by atoms with Gasteiger partial charge in [0.2, 0.25) is 0 Å². The van der Waals surface area contributed by atoms with Crippen LogP contribution >= 0.6 is 15.9 Å². The van der Waals surface area contributed by atoms with Crippen LogP contribution in [-0.4, -0.2) is 105 Å². The zero-order valence-electron chi connectivity index (χ0n) is 27.7. The van der Waals surface area contributed by atoms with Gasteiger partial charge >= 0.3 is 12.1 Å². The number of likely N-dealkylation sites (tertiary alicyclic amines) is 3. The number of urea groups is 1. The van der Waals surface area contributed by atoms with Gasteiger partial charge in [-0.1, -0.05) is 32.0 Å². The molecule has 3 amide bonds. The Balaban J connectivity index is 1.34. The number of carbonyl (C=O) groups is 3. The van der Waals surface area contributed by atoms with Crippen molar-refractivity contribution in [2.24, 2.45) is 5.41 Å². The highest BCUT2D eigenvalue weighted by atomic mass is 79.9. The number of quaternary nitrogens is 1. The zero-order valence-corrected chi connectivity index (χ0v) is 29.3. The third-order valence-corrected chi connectivity index (χ3v) is 12.4. The van der Waals surface area contributed by atoms with Gasteiger partial charge in [-0.25, -0.2) is 9.28 Å². The highest BCUT2D eigenvalue weighted by Crippen LogP contribution is 2.46. The molecule has 10 nitrogen and oxygen atoms in total.